The average molecular weight is 519 g/mol. The molecule has 0 atom stereocenters. The van der Waals surface area contributed by atoms with Gasteiger partial charge in [-0.3, -0.25) is 10.1 Å². The molecular formula is C17H11Br2ClN2O3S. The third-order valence-electron chi connectivity index (χ3n) is 3.06. The van der Waals surface area contributed by atoms with Crippen LogP contribution < -0.4 is 10.6 Å². The largest absolute Gasteiger partial charge is 0.478 e. The molecule has 3 N–H and O–H groups in total. The van der Waals surface area contributed by atoms with Gasteiger partial charge in [-0.25, -0.2) is 4.79 Å². The Bertz CT molecular complexity index is 902. The molecule has 0 radical (unpaired) electrons. The van der Waals surface area contributed by atoms with Gasteiger partial charge in [-0.05, 0) is 64.1 Å². The summed E-state index contributed by atoms with van der Waals surface area (Å²) < 4.78 is 1.07. The highest BCUT2D eigenvalue weighted by Crippen LogP contribution is 2.30. The zero-order valence-corrected chi connectivity index (χ0v) is 17.7. The molecule has 0 heterocycles. The summed E-state index contributed by atoms with van der Waals surface area (Å²) in [5.41, 5.74) is 1.04. The molecule has 2 aromatic rings. The second kappa shape index (κ2) is 9.27. The quantitative estimate of drug-likeness (QED) is 0.388. The van der Waals surface area contributed by atoms with Crippen molar-refractivity contribution in [2.45, 2.75) is 0 Å². The van der Waals surface area contributed by atoms with Crippen LogP contribution in [0, 0.1) is 0 Å². The topological polar surface area (TPSA) is 78.4 Å². The molecule has 26 heavy (non-hydrogen) atoms. The molecule has 9 heteroatoms. The molecule has 0 bridgehead atoms. The normalized spacial score (nSPS) is 10.6. The van der Waals surface area contributed by atoms with Gasteiger partial charge in [0.15, 0.2) is 5.11 Å². The summed E-state index contributed by atoms with van der Waals surface area (Å²) in [5, 5.41) is 15.1. The fraction of sp³-hybridized carbons (Fsp3) is 0. The highest BCUT2D eigenvalue weighted by atomic mass is 79.9. The zero-order valence-electron chi connectivity index (χ0n) is 12.9. The standard InChI is InChI=1S/C17H11Br2ClN2O3S/c18-10-7-12(16(24)25)15(13(19)8-10)22-17(26)21-14(23)6-3-9-1-4-11(20)5-2-9/h1-8H,(H,24,25)(H2,21,22,23,26)/b6-3+. The fourth-order valence-corrected chi connectivity index (χ4v) is 3.57. The van der Waals surface area contributed by atoms with Gasteiger partial charge in [-0.15, -0.1) is 0 Å². The summed E-state index contributed by atoms with van der Waals surface area (Å²) in [5.74, 6) is -1.59. The van der Waals surface area contributed by atoms with Crippen LogP contribution in [0.1, 0.15) is 15.9 Å². The Labute approximate surface area is 176 Å². The van der Waals surface area contributed by atoms with E-state index in [0.717, 1.165) is 5.56 Å². The van der Waals surface area contributed by atoms with Crippen LogP contribution in [-0.4, -0.2) is 22.1 Å². The number of hydrogen-bond acceptors (Lipinski definition) is 3. The molecule has 0 saturated heterocycles. The second-order valence-electron chi connectivity index (χ2n) is 4.94. The lowest BCUT2D eigenvalue weighted by Gasteiger charge is -2.13. The minimum atomic E-state index is -1.13. The van der Waals surface area contributed by atoms with E-state index in [9.17, 15) is 14.7 Å². The Morgan fingerprint density at radius 3 is 2.42 bits per heavy atom. The molecule has 0 aromatic heterocycles. The molecule has 5 nitrogen and oxygen atoms in total. The molecular weight excluding hydrogens is 508 g/mol. The van der Waals surface area contributed by atoms with Crippen LogP contribution in [0.5, 0.6) is 0 Å². The van der Waals surface area contributed by atoms with E-state index < -0.39 is 11.9 Å². The van der Waals surface area contributed by atoms with E-state index in [1.54, 1.807) is 36.4 Å². The molecule has 0 aliphatic heterocycles. The number of thiocarbonyl (C=S) groups is 1. The molecule has 1 amide bonds. The van der Waals surface area contributed by atoms with E-state index in [1.807, 2.05) is 0 Å². The van der Waals surface area contributed by atoms with Crippen molar-refractivity contribution in [3.63, 3.8) is 0 Å². The summed E-state index contributed by atoms with van der Waals surface area (Å²) in [6, 6.07) is 10.1. The van der Waals surface area contributed by atoms with Crippen LogP contribution in [0.15, 0.2) is 51.4 Å². The van der Waals surface area contributed by atoms with Crippen molar-refractivity contribution in [1.82, 2.24) is 5.32 Å². The van der Waals surface area contributed by atoms with Crippen LogP contribution in [0.2, 0.25) is 5.02 Å². The number of anilines is 1. The van der Waals surface area contributed by atoms with Gasteiger partial charge < -0.3 is 10.4 Å². The molecule has 0 aliphatic rings. The van der Waals surface area contributed by atoms with Crippen molar-refractivity contribution in [2.24, 2.45) is 0 Å². The number of nitrogens with one attached hydrogen (secondary N) is 2. The SMILES string of the molecule is O=C(/C=C/c1ccc(Cl)cc1)NC(=S)Nc1c(Br)cc(Br)cc1C(=O)O. The third-order valence-corrected chi connectivity index (χ3v) is 4.60. The molecule has 0 aliphatic carbocycles. The highest BCUT2D eigenvalue weighted by Gasteiger charge is 2.16. The second-order valence-corrected chi connectivity index (χ2v) is 7.56. The first kappa shape index (κ1) is 20.6. The number of carbonyl (C=O) groups is 2. The third kappa shape index (κ3) is 5.91. The number of carboxylic acids is 1. The van der Waals surface area contributed by atoms with E-state index in [1.165, 1.54) is 12.1 Å². The maximum Gasteiger partial charge on any atom is 0.337 e. The first-order chi connectivity index (χ1) is 12.3. The minimum Gasteiger partial charge on any atom is -0.478 e. The van der Waals surface area contributed by atoms with E-state index >= 15 is 0 Å². The van der Waals surface area contributed by atoms with Gasteiger partial charge in [0, 0.05) is 20.0 Å². The van der Waals surface area contributed by atoms with Gasteiger partial charge in [0.05, 0.1) is 11.3 Å². The van der Waals surface area contributed by atoms with Crippen molar-refractivity contribution in [2.75, 3.05) is 5.32 Å². The van der Waals surface area contributed by atoms with E-state index in [2.05, 4.69) is 42.5 Å². The molecule has 0 spiro atoms. The van der Waals surface area contributed by atoms with Gasteiger partial charge >= 0.3 is 5.97 Å². The number of hydrogen-bond donors (Lipinski definition) is 3. The van der Waals surface area contributed by atoms with Gasteiger partial charge in [-0.2, -0.15) is 0 Å². The smallest absolute Gasteiger partial charge is 0.337 e. The Balaban J connectivity index is 2.06. The first-order valence-electron chi connectivity index (χ1n) is 7.04. The Morgan fingerprint density at radius 2 is 1.81 bits per heavy atom. The summed E-state index contributed by atoms with van der Waals surface area (Å²) in [6.45, 7) is 0. The molecule has 2 aromatic carbocycles. The van der Waals surface area contributed by atoms with Crippen LogP contribution in [0.25, 0.3) is 6.08 Å². The zero-order chi connectivity index (χ0) is 19.3. The van der Waals surface area contributed by atoms with Crippen molar-refractivity contribution in [1.29, 1.82) is 0 Å². The first-order valence-corrected chi connectivity index (χ1v) is 9.41. The molecule has 0 fully saturated rings. The molecule has 134 valence electrons. The van der Waals surface area contributed by atoms with Crippen molar-refractivity contribution in [3.8, 4) is 0 Å². The number of aromatic carboxylic acids is 1. The van der Waals surface area contributed by atoms with Gasteiger partial charge in [-0.1, -0.05) is 39.7 Å². The average Bonchev–Trinajstić information content (AvgIpc) is 2.56. The summed E-state index contributed by atoms with van der Waals surface area (Å²) in [4.78, 5) is 23.3. The fourth-order valence-electron chi connectivity index (χ4n) is 1.91. The van der Waals surface area contributed by atoms with Crippen LogP contribution in [0.4, 0.5) is 5.69 Å². The predicted octanol–water partition coefficient (Wildman–Crippen LogP) is 5.09. The summed E-state index contributed by atoms with van der Waals surface area (Å²) in [7, 11) is 0. The predicted molar refractivity (Wildman–Crippen MR) is 114 cm³/mol. The number of carbonyl (C=O) groups excluding carboxylic acids is 1. The number of halogens is 3. The Hall–Kier alpha value is -1.74. The lowest BCUT2D eigenvalue weighted by Crippen LogP contribution is -2.33. The van der Waals surface area contributed by atoms with E-state index in [-0.39, 0.29) is 16.4 Å². The van der Waals surface area contributed by atoms with Crippen LogP contribution in [-0.2, 0) is 4.79 Å². The summed E-state index contributed by atoms with van der Waals surface area (Å²) >= 11 is 17.4. The number of benzene rings is 2. The summed E-state index contributed by atoms with van der Waals surface area (Å²) in [6.07, 6.45) is 2.92. The lowest BCUT2D eigenvalue weighted by molar-refractivity contribution is -0.115. The maximum atomic E-state index is 12.0. The monoisotopic (exact) mass is 516 g/mol. The molecule has 0 unspecified atom stereocenters. The number of rotatable bonds is 4. The van der Waals surface area contributed by atoms with E-state index in [0.29, 0.717) is 14.0 Å². The van der Waals surface area contributed by atoms with Gasteiger partial charge in [0.25, 0.3) is 0 Å². The van der Waals surface area contributed by atoms with Gasteiger partial charge in [0.1, 0.15) is 0 Å². The Kier molecular flexibility index (Phi) is 7.33. The van der Waals surface area contributed by atoms with E-state index in [4.69, 9.17) is 23.8 Å². The van der Waals surface area contributed by atoms with Crippen molar-refractivity contribution < 1.29 is 14.7 Å². The highest BCUT2D eigenvalue weighted by molar-refractivity contribution is 9.11. The van der Waals surface area contributed by atoms with Gasteiger partial charge in [0.2, 0.25) is 5.91 Å². The number of carboxylic acid groups (broad SMARTS) is 1. The maximum absolute atomic E-state index is 12.0. The minimum absolute atomic E-state index is 0.000412. The van der Waals surface area contributed by atoms with Crippen molar-refractivity contribution >= 4 is 84.4 Å². The van der Waals surface area contributed by atoms with Crippen LogP contribution >= 0.6 is 55.7 Å². The lowest BCUT2D eigenvalue weighted by atomic mass is 10.2. The van der Waals surface area contributed by atoms with Crippen LogP contribution in [0.3, 0.4) is 0 Å². The Morgan fingerprint density at radius 1 is 1.15 bits per heavy atom. The molecule has 2 rings (SSSR count). The molecule has 0 saturated carbocycles. The number of amides is 1. The van der Waals surface area contributed by atoms with Crippen molar-refractivity contribution in [3.05, 3.63) is 67.6 Å².